The number of aromatic amines is 1. The second-order valence-corrected chi connectivity index (χ2v) is 9.81. The van der Waals surface area contributed by atoms with Gasteiger partial charge in [0.1, 0.15) is 11.4 Å². The van der Waals surface area contributed by atoms with Crippen molar-refractivity contribution in [3.63, 3.8) is 0 Å². The van der Waals surface area contributed by atoms with E-state index in [4.69, 9.17) is 9.47 Å². The number of amides is 1. The number of nitrogens with zero attached hydrogens (tertiary/aromatic N) is 2. The van der Waals surface area contributed by atoms with Gasteiger partial charge in [0.25, 0.3) is 11.7 Å². The zero-order valence-corrected chi connectivity index (χ0v) is 23.7. The van der Waals surface area contributed by atoms with Gasteiger partial charge in [0.2, 0.25) is 0 Å². The molecule has 0 bridgehead atoms. The molecule has 3 aromatic carbocycles. The maximum absolute atomic E-state index is 13.5. The maximum Gasteiger partial charge on any atom is 0.290 e. The van der Waals surface area contributed by atoms with Crippen molar-refractivity contribution in [3.8, 4) is 28.3 Å². The van der Waals surface area contributed by atoms with Crippen LogP contribution in [-0.2, 0) is 4.74 Å². The normalized spacial score (nSPS) is 11.8. The molecule has 9 heteroatoms. The van der Waals surface area contributed by atoms with Crippen molar-refractivity contribution in [2.24, 2.45) is 0 Å². The van der Waals surface area contributed by atoms with E-state index in [2.05, 4.69) is 10.3 Å². The lowest BCUT2D eigenvalue weighted by Crippen LogP contribution is -2.35. The van der Waals surface area contributed by atoms with Gasteiger partial charge in [0, 0.05) is 44.4 Å². The van der Waals surface area contributed by atoms with Crippen molar-refractivity contribution in [1.29, 1.82) is 0 Å². The summed E-state index contributed by atoms with van der Waals surface area (Å²) in [6.07, 6.45) is -1.32. The van der Waals surface area contributed by atoms with Crippen LogP contribution in [0.25, 0.3) is 22.5 Å². The Labute approximate surface area is 234 Å². The highest BCUT2D eigenvalue weighted by Crippen LogP contribution is 2.37. The minimum absolute atomic E-state index is 0.133. The molecule has 0 saturated heterocycles. The summed E-state index contributed by atoms with van der Waals surface area (Å²) in [6.45, 7) is 6.70. The number of rotatable bonds is 10. The fourth-order valence-electron chi connectivity index (χ4n) is 4.88. The van der Waals surface area contributed by atoms with E-state index in [-0.39, 0.29) is 11.6 Å². The lowest BCUT2D eigenvalue weighted by atomic mass is 9.93. The standard InChI is InChI=1S/C31H36N4O5/c1-19-9-7-10-20(2)27(19)25-18-22(13-14-26(25)40-6)29-32-21(3)28(35(29)38)30(36)33-24-12-8-11-23(17-24)31(37)34(4)15-16-39-5/h7-14,17-18,30,32-33,36H,15-16H2,1-6H3. The van der Waals surface area contributed by atoms with Crippen LogP contribution >= 0.6 is 0 Å². The molecule has 0 radical (unpaired) electrons. The Morgan fingerprint density at radius 1 is 1.07 bits per heavy atom. The number of nitrogens with one attached hydrogen (secondary N) is 2. The molecular formula is C31H36N4O5. The molecule has 9 nitrogen and oxygen atoms in total. The Bertz CT molecular complexity index is 1490. The molecule has 0 aliphatic heterocycles. The summed E-state index contributed by atoms with van der Waals surface area (Å²) in [5.41, 5.74) is 6.37. The van der Waals surface area contributed by atoms with Crippen molar-refractivity contribution < 1.29 is 24.1 Å². The van der Waals surface area contributed by atoms with Crippen molar-refractivity contribution in [2.75, 3.05) is 39.7 Å². The molecule has 4 aromatic rings. The summed E-state index contributed by atoms with van der Waals surface area (Å²) in [6, 6.07) is 18.5. The molecule has 1 aromatic heterocycles. The molecule has 0 aliphatic rings. The van der Waals surface area contributed by atoms with Crippen molar-refractivity contribution in [2.45, 2.75) is 27.0 Å². The number of carbonyl (C=O) groups excluding carboxylic acids is 1. The number of benzene rings is 3. The van der Waals surface area contributed by atoms with E-state index in [0.717, 1.165) is 22.3 Å². The first-order chi connectivity index (χ1) is 19.2. The largest absolute Gasteiger partial charge is 0.710 e. The third-order valence-corrected chi connectivity index (χ3v) is 6.98. The summed E-state index contributed by atoms with van der Waals surface area (Å²) >= 11 is 0. The van der Waals surface area contributed by atoms with Gasteiger partial charge in [-0.05, 0) is 66.9 Å². The number of aliphatic hydroxyl groups is 1. The van der Waals surface area contributed by atoms with Gasteiger partial charge in [-0.1, -0.05) is 24.3 Å². The van der Waals surface area contributed by atoms with E-state index in [0.29, 0.717) is 52.0 Å². The van der Waals surface area contributed by atoms with Crippen molar-refractivity contribution >= 4 is 11.6 Å². The van der Waals surface area contributed by atoms with Gasteiger partial charge in [-0.25, -0.2) is 9.71 Å². The zero-order valence-electron chi connectivity index (χ0n) is 23.7. The zero-order chi connectivity index (χ0) is 29.0. The molecule has 210 valence electrons. The Kier molecular flexibility index (Phi) is 8.77. The van der Waals surface area contributed by atoms with Crippen LogP contribution in [0.3, 0.4) is 0 Å². The number of imidazole rings is 1. The number of aryl methyl sites for hydroxylation is 3. The number of aromatic nitrogens is 2. The van der Waals surface area contributed by atoms with Crippen LogP contribution in [0, 0.1) is 26.0 Å². The molecule has 0 aliphatic carbocycles. The number of ether oxygens (including phenoxy) is 2. The molecule has 3 N–H and O–H groups in total. The fraction of sp³-hybridized carbons (Fsp3) is 0.290. The number of aliphatic hydroxyl groups excluding tert-OH is 1. The van der Waals surface area contributed by atoms with Gasteiger partial charge in [0.05, 0.1) is 19.3 Å². The molecule has 4 rings (SSSR count). The summed E-state index contributed by atoms with van der Waals surface area (Å²) < 4.78 is 11.4. The molecule has 40 heavy (non-hydrogen) atoms. The van der Waals surface area contributed by atoms with E-state index in [1.54, 1.807) is 57.4 Å². The van der Waals surface area contributed by atoms with Gasteiger partial charge in [-0.2, -0.15) is 0 Å². The number of carbonyl (C=O) groups is 1. The summed E-state index contributed by atoms with van der Waals surface area (Å²) in [7, 11) is 4.91. The van der Waals surface area contributed by atoms with Crippen LogP contribution in [0.5, 0.6) is 5.75 Å². The number of anilines is 1. The number of hydrogen-bond donors (Lipinski definition) is 3. The number of methoxy groups -OCH3 is 2. The van der Waals surface area contributed by atoms with Crippen LogP contribution < -0.4 is 14.8 Å². The van der Waals surface area contributed by atoms with E-state index in [1.807, 2.05) is 50.2 Å². The third-order valence-electron chi connectivity index (χ3n) is 6.98. The van der Waals surface area contributed by atoms with Gasteiger partial charge >= 0.3 is 0 Å². The third kappa shape index (κ3) is 5.80. The highest BCUT2D eigenvalue weighted by Gasteiger charge is 2.26. The van der Waals surface area contributed by atoms with E-state index in [9.17, 15) is 15.1 Å². The van der Waals surface area contributed by atoms with E-state index < -0.39 is 6.23 Å². The first-order valence-corrected chi connectivity index (χ1v) is 13.0. The van der Waals surface area contributed by atoms with E-state index in [1.165, 1.54) is 0 Å². The number of likely N-dealkylation sites (N-methyl/N-ethyl adjacent to an activating group) is 1. The van der Waals surface area contributed by atoms with Crippen LogP contribution in [0.2, 0.25) is 0 Å². The predicted molar refractivity (Wildman–Crippen MR) is 155 cm³/mol. The molecule has 1 unspecified atom stereocenters. The molecule has 1 heterocycles. The highest BCUT2D eigenvalue weighted by atomic mass is 16.5. The van der Waals surface area contributed by atoms with Crippen molar-refractivity contribution in [3.05, 3.63) is 93.9 Å². The molecule has 0 saturated carbocycles. The quantitative estimate of drug-likeness (QED) is 0.151. The summed E-state index contributed by atoms with van der Waals surface area (Å²) in [4.78, 5) is 17.5. The SMILES string of the molecule is COCCN(C)C(=O)c1cccc(NC(O)c2c(C)[nH]c(-c3ccc(OC)c(-c4c(C)cccc4C)c3)[n+]2[O-])c1. The second kappa shape index (κ2) is 12.2. The van der Waals surface area contributed by atoms with E-state index >= 15 is 0 Å². The molecule has 0 fully saturated rings. The van der Waals surface area contributed by atoms with Crippen LogP contribution in [-0.4, -0.2) is 55.3 Å². The predicted octanol–water partition coefficient (Wildman–Crippen LogP) is 4.74. The minimum Gasteiger partial charge on any atom is -0.710 e. The smallest absolute Gasteiger partial charge is 0.290 e. The van der Waals surface area contributed by atoms with Crippen LogP contribution in [0.1, 0.15) is 39.1 Å². The van der Waals surface area contributed by atoms with Crippen LogP contribution in [0.15, 0.2) is 60.7 Å². The number of hydrogen-bond acceptors (Lipinski definition) is 6. The Morgan fingerprint density at radius 2 is 1.77 bits per heavy atom. The average molecular weight is 545 g/mol. The maximum atomic E-state index is 13.5. The molecule has 1 atom stereocenters. The molecule has 0 spiro atoms. The minimum atomic E-state index is -1.32. The first kappa shape index (κ1) is 28.7. The fourth-order valence-corrected chi connectivity index (χ4v) is 4.88. The Balaban J connectivity index is 1.64. The number of H-pyrrole nitrogens is 1. The molecule has 1 amide bonds. The highest BCUT2D eigenvalue weighted by molar-refractivity contribution is 5.95. The molecular weight excluding hydrogens is 508 g/mol. The van der Waals surface area contributed by atoms with Gasteiger partial charge in [-0.15, -0.1) is 0 Å². The lowest BCUT2D eigenvalue weighted by Gasteiger charge is -2.18. The summed E-state index contributed by atoms with van der Waals surface area (Å²) in [5.74, 6) is 0.826. The lowest BCUT2D eigenvalue weighted by molar-refractivity contribution is -0.604. The van der Waals surface area contributed by atoms with Crippen LogP contribution in [0.4, 0.5) is 5.69 Å². The second-order valence-electron chi connectivity index (χ2n) is 9.81. The Hall–Kier alpha value is -4.34. The van der Waals surface area contributed by atoms with Crippen molar-refractivity contribution in [1.82, 2.24) is 9.88 Å². The topological polar surface area (TPSA) is 114 Å². The average Bonchev–Trinajstić information content (AvgIpc) is 3.24. The van der Waals surface area contributed by atoms with Gasteiger partial charge in [-0.3, -0.25) is 4.79 Å². The Morgan fingerprint density at radius 3 is 2.45 bits per heavy atom. The monoisotopic (exact) mass is 544 g/mol. The first-order valence-electron chi connectivity index (χ1n) is 13.0. The van der Waals surface area contributed by atoms with Gasteiger partial charge < -0.3 is 30.0 Å². The summed E-state index contributed by atoms with van der Waals surface area (Å²) in [5, 5.41) is 27.5. The van der Waals surface area contributed by atoms with Gasteiger partial charge in [0.15, 0.2) is 11.9 Å².